The molecule has 3 rings (SSSR count). The summed E-state index contributed by atoms with van der Waals surface area (Å²) in [5.41, 5.74) is 3.88. The second-order valence-electron chi connectivity index (χ2n) is 5.40. The van der Waals surface area contributed by atoms with E-state index in [1.54, 1.807) is 6.20 Å². The van der Waals surface area contributed by atoms with Crippen molar-refractivity contribution in [3.8, 4) is 0 Å². The first-order valence-corrected chi connectivity index (χ1v) is 8.30. The lowest BCUT2D eigenvalue weighted by Gasteiger charge is -2.12. The van der Waals surface area contributed by atoms with Crippen LogP contribution < -0.4 is 10.6 Å². The van der Waals surface area contributed by atoms with Crippen LogP contribution in [-0.4, -0.2) is 14.9 Å². The van der Waals surface area contributed by atoms with E-state index in [1.165, 1.54) is 5.56 Å². The predicted molar refractivity (Wildman–Crippen MR) is 104 cm³/mol. The van der Waals surface area contributed by atoms with Crippen LogP contribution in [0.5, 0.6) is 0 Å². The maximum atomic E-state index is 6.12. The molecule has 0 fully saturated rings. The molecule has 0 amide bonds. The van der Waals surface area contributed by atoms with Crippen LogP contribution in [0.25, 0.3) is 0 Å². The zero-order valence-corrected chi connectivity index (χ0v) is 14.7. The lowest BCUT2D eigenvalue weighted by atomic mass is 10.2. The number of hydrogen-bond acceptors (Lipinski definition) is 2. The number of aromatic nitrogens is 2. The van der Waals surface area contributed by atoms with E-state index in [9.17, 15) is 0 Å². The summed E-state index contributed by atoms with van der Waals surface area (Å²) >= 11 is 11.5. The van der Waals surface area contributed by atoms with Gasteiger partial charge in [-0.15, -0.1) is 0 Å². The predicted octanol–water partition coefficient (Wildman–Crippen LogP) is 4.70. The lowest BCUT2D eigenvalue weighted by molar-refractivity contribution is 0.687. The van der Waals surface area contributed by atoms with Crippen molar-refractivity contribution in [3.63, 3.8) is 0 Å². The molecule has 2 aromatic carbocycles. The third kappa shape index (κ3) is 4.13. The number of halogens is 1. The summed E-state index contributed by atoms with van der Waals surface area (Å²) in [7, 11) is 0. The highest BCUT2D eigenvalue weighted by Crippen LogP contribution is 2.23. The van der Waals surface area contributed by atoms with E-state index in [4.69, 9.17) is 23.8 Å². The topological polar surface area (TPSA) is 41.9 Å². The van der Waals surface area contributed by atoms with Crippen molar-refractivity contribution < 1.29 is 0 Å². The quantitative estimate of drug-likeness (QED) is 0.665. The van der Waals surface area contributed by atoms with E-state index in [0.29, 0.717) is 10.1 Å². The Labute approximate surface area is 151 Å². The van der Waals surface area contributed by atoms with Crippen LogP contribution in [-0.2, 0) is 6.54 Å². The van der Waals surface area contributed by atoms with Crippen LogP contribution in [0, 0.1) is 6.92 Å². The van der Waals surface area contributed by atoms with Crippen molar-refractivity contribution in [2.24, 2.45) is 0 Å². The Balaban J connectivity index is 1.62. The molecule has 0 saturated heterocycles. The zero-order valence-electron chi connectivity index (χ0n) is 13.2. The van der Waals surface area contributed by atoms with Gasteiger partial charge in [0.2, 0.25) is 0 Å². The van der Waals surface area contributed by atoms with Gasteiger partial charge in [-0.3, -0.25) is 4.68 Å². The number of anilines is 2. The number of rotatable bonds is 4. The molecule has 6 heteroatoms. The van der Waals surface area contributed by atoms with Gasteiger partial charge in [-0.2, -0.15) is 5.10 Å². The number of benzene rings is 2. The summed E-state index contributed by atoms with van der Waals surface area (Å²) in [6.45, 7) is 2.67. The largest absolute Gasteiger partial charge is 0.332 e. The van der Waals surface area contributed by atoms with Crippen LogP contribution in [0.3, 0.4) is 0 Å². The molecule has 0 aliphatic carbocycles. The maximum Gasteiger partial charge on any atom is 0.175 e. The highest BCUT2D eigenvalue weighted by Gasteiger charge is 2.06. The van der Waals surface area contributed by atoms with Crippen LogP contribution in [0.15, 0.2) is 60.9 Å². The van der Waals surface area contributed by atoms with Crippen molar-refractivity contribution in [2.45, 2.75) is 13.5 Å². The van der Waals surface area contributed by atoms with Crippen LogP contribution in [0.2, 0.25) is 5.02 Å². The minimum atomic E-state index is 0.500. The molecule has 0 aliphatic rings. The molecular formula is C18H17ClN4S. The first-order chi connectivity index (χ1) is 11.6. The molecule has 0 atom stereocenters. The van der Waals surface area contributed by atoms with Gasteiger partial charge < -0.3 is 10.6 Å². The fourth-order valence-electron chi connectivity index (χ4n) is 2.31. The average molecular weight is 357 g/mol. The second-order valence-corrected chi connectivity index (χ2v) is 6.22. The Bertz CT molecular complexity index is 845. The van der Waals surface area contributed by atoms with E-state index < -0.39 is 0 Å². The van der Waals surface area contributed by atoms with E-state index >= 15 is 0 Å². The van der Waals surface area contributed by atoms with E-state index in [2.05, 4.69) is 27.9 Å². The van der Waals surface area contributed by atoms with Crippen LogP contribution in [0.4, 0.5) is 11.4 Å². The van der Waals surface area contributed by atoms with Gasteiger partial charge in [-0.1, -0.05) is 48.0 Å². The first-order valence-electron chi connectivity index (χ1n) is 7.51. The first kappa shape index (κ1) is 16.5. The normalized spacial score (nSPS) is 10.4. The summed E-state index contributed by atoms with van der Waals surface area (Å²) in [5, 5.41) is 11.8. The van der Waals surface area contributed by atoms with Gasteiger partial charge in [0, 0.05) is 16.9 Å². The van der Waals surface area contributed by atoms with Gasteiger partial charge in [0.1, 0.15) is 0 Å². The third-order valence-electron chi connectivity index (χ3n) is 3.59. The molecule has 122 valence electrons. The van der Waals surface area contributed by atoms with Crippen molar-refractivity contribution in [1.29, 1.82) is 0 Å². The molecular weight excluding hydrogens is 340 g/mol. The van der Waals surface area contributed by atoms with Gasteiger partial charge >= 0.3 is 0 Å². The van der Waals surface area contributed by atoms with E-state index in [0.717, 1.165) is 23.5 Å². The number of thiocarbonyl (C=S) groups is 1. The van der Waals surface area contributed by atoms with E-state index in [1.807, 2.05) is 54.2 Å². The Kier molecular flexibility index (Phi) is 5.13. The Hall–Kier alpha value is -2.37. The monoisotopic (exact) mass is 356 g/mol. The van der Waals surface area contributed by atoms with Crippen molar-refractivity contribution in [1.82, 2.24) is 9.78 Å². The smallest absolute Gasteiger partial charge is 0.175 e. The number of nitrogens with one attached hydrogen (secondary N) is 2. The molecule has 1 heterocycles. The fourth-order valence-corrected chi connectivity index (χ4v) is 2.71. The Morgan fingerprint density at radius 3 is 2.71 bits per heavy atom. The highest BCUT2D eigenvalue weighted by molar-refractivity contribution is 7.80. The molecule has 4 nitrogen and oxygen atoms in total. The van der Waals surface area contributed by atoms with Gasteiger partial charge in [-0.25, -0.2) is 0 Å². The van der Waals surface area contributed by atoms with E-state index in [-0.39, 0.29) is 0 Å². The molecule has 1 aromatic heterocycles. The number of nitrogens with zero attached hydrogens (tertiary/aromatic N) is 2. The Morgan fingerprint density at radius 2 is 1.92 bits per heavy atom. The van der Waals surface area contributed by atoms with Gasteiger partial charge in [-0.05, 0) is 42.4 Å². The Morgan fingerprint density at radius 1 is 1.12 bits per heavy atom. The minimum Gasteiger partial charge on any atom is -0.332 e. The maximum absolute atomic E-state index is 6.12. The van der Waals surface area contributed by atoms with Crippen LogP contribution in [0.1, 0.15) is 11.1 Å². The second kappa shape index (κ2) is 7.47. The SMILES string of the molecule is Cc1c(Cl)cccc1NC(=S)Nc1cnn(Cc2ccccc2)c1. The van der Waals surface area contributed by atoms with Crippen molar-refractivity contribution in [3.05, 3.63) is 77.1 Å². The summed E-state index contributed by atoms with van der Waals surface area (Å²) in [6, 6.07) is 15.9. The molecule has 0 radical (unpaired) electrons. The van der Waals surface area contributed by atoms with Gasteiger partial charge in [0.05, 0.1) is 18.4 Å². The third-order valence-corrected chi connectivity index (χ3v) is 4.21. The lowest BCUT2D eigenvalue weighted by Crippen LogP contribution is -2.19. The summed E-state index contributed by atoms with van der Waals surface area (Å²) < 4.78 is 1.87. The molecule has 24 heavy (non-hydrogen) atoms. The molecule has 0 unspecified atom stereocenters. The molecule has 0 aliphatic heterocycles. The minimum absolute atomic E-state index is 0.500. The highest BCUT2D eigenvalue weighted by atomic mass is 35.5. The van der Waals surface area contributed by atoms with Gasteiger partial charge in [0.25, 0.3) is 0 Å². The molecule has 0 saturated carbocycles. The summed E-state index contributed by atoms with van der Waals surface area (Å²) in [5.74, 6) is 0. The average Bonchev–Trinajstić information content (AvgIpc) is 2.99. The summed E-state index contributed by atoms with van der Waals surface area (Å²) in [6.07, 6.45) is 3.67. The molecule has 3 aromatic rings. The summed E-state index contributed by atoms with van der Waals surface area (Å²) in [4.78, 5) is 0. The van der Waals surface area contributed by atoms with Crippen molar-refractivity contribution in [2.75, 3.05) is 10.6 Å². The zero-order chi connectivity index (χ0) is 16.9. The molecule has 0 spiro atoms. The van der Waals surface area contributed by atoms with Crippen LogP contribution >= 0.6 is 23.8 Å². The standard InChI is InChI=1S/C18H17ClN4S/c1-13-16(19)8-5-9-17(13)22-18(24)21-15-10-20-23(12-15)11-14-6-3-2-4-7-14/h2-10,12H,11H2,1H3,(H2,21,22,24). The number of hydrogen-bond donors (Lipinski definition) is 2. The van der Waals surface area contributed by atoms with Gasteiger partial charge in [0.15, 0.2) is 5.11 Å². The molecule has 0 bridgehead atoms. The van der Waals surface area contributed by atoms with Crippen molar-refractivity contribution >= 4 is 40.3 Å². The fraction of sp³-hybridized carbons (Fsp3) is 0.111. The molecule has 2 N–H and O–H groups in total.